The van der Waals surface area contributed by atoms with E-state index in [1.165, 1.54) is 23.4 Å². The first-order valence-corrected chi connectivity index (χ1v) is 7.28. The molecule has 5 nitrogen and oxygen atoms in total. The second-order valence-electron chi connectivity index (χ2n) is 5.56. The normalized spacial score (nSPS) is 15.3. The summed E-state index contributed by atoms with van der Waals surface area (Å²) in [7, 11) is 0. The standard InChI is InChI=1S/C15H19FN4OS/c1-9-4-10(2)13(16)5-12(9)15(21,11(3)14(17)22)6-20-8-18-7-19-20/h4-5,7-8,11,21H,6H2,1-3H3,(H2,17,22)/t11-,15+/m0/s1. The minimum atomic E-state index is -1.47. The first-order valence-electron chi connectivity index (χ1n) is 6.87. The van der Waals surface area contributed by atoms with Crippen molar-refractivity contribution < 1.29 is 9.50 Å². The van der Waals surface area contributed by atoms with Gasteiger partial charge in [0.25, 0.3) is 0 Å². The van der Waals surface area contributed by atoms with Gasteiger partial charge in [-0.2, -0.15) is 5.10 Å². The van der Waals surface area contributed by atoms with E-state index in [0.717, 1.165) is 5.56 Å². The lowest BCUT2D eigenvalue weighted by Crippen LogP contribution is -2.44. The number of aromatic nitrogens is 3. The fraction of sp³-hybridized carbons (Fsp3) is 0.400. The molecule has 0 fully saturated rings. The zero-order valence-corrected chi connectivity index (χ0v) is 13.6. The van der Waals surface area contributed by atoms with Gasteiger partial charge in [-0.3, -0.25) is 0 Å². The molecule has 0 amide bonds. The quantitative estimate of drug-likeness (QED) is 0.822. The van der Waals surface area contributed by atoms with Crippen LogP contribution in [0.15, 0.2) is 24.8 Å². The molecule has 2 atom stereocenters. The number of rotatable bonds is 5. The Kier molecular flexibility index (Phi) is 4.58. The molecule has 0 spiro atoms. The average Bonchev–Trinajstić information content (AvgIpc) is 2.94. The second-order valence-corrected chi connectivity index (χ2v) is 6.03. The zero-order chi connectivity index (χ0) is 16.5. The van der Waals surface area contributed by atoms with Crippen LogP contribution in [0.5, 0.6) is 0 Å². The number of hydrogen-bond acceptors (Lipinski definition) is 4. The Balaban J connectivity index is 2.58. The molecule has 0 aliphatic rings. The molecule has 0 saturated carbocycles. The van der Waals surface area contributed by atoms with Crippen LogP contribution in [-0.2, 0) is 12.1 Å². The Morgan fingerprint density at radius 3 is 2.68 bits per heavy atom. The van der Waals surface area contributed by atoms with Crippen molar-refractivity contribution >= 4 is 17.2 Å². The van der Waals surface area contributed by atoms with Crippen LogP contribution in [0.1, 0.15) is 23.6 Å². The fourth-order valence-electron chi connectivity index (χ4n) is 2.54. The minimum absolute atomic E-state index is 0.0782. The fourth-order valence-corrected chi connectivity index (χ4v) is 2.74. The highest BCUT2D eigenvalue weighted by atomic mass is 32.1. The maximum Gasteiger partial charge on any atom is 0.137 e. The van der Waals surface area contributed by atoms with E-state index in [9.17, 15) is 9.50 Å². The van der Waals surface area contributed by atoms with E-state index in [2.05, 4.69) is 10.1 Å². The van der Waals surface area contributed by atoms with Gasteiger partial charge in [0.2, 0.25) is 0 Å². The van der Waals surface area contributed by atoms with Crippen molar-refractivity contribution in [1.82, 2.24) is 14.8 Å². The van der Waals surface area contributed by atoms with Crippen molar-refractivity contribution in [2.75, 3.05) is 0 Å². The topological polar surface area (TPSA) is 77.0 Å². The first kappa shape index (κ1) is 16.5. The van der Waals surface area contributed by atoms with E-state index in [4.69, 9.17) is 18.0 Å². The lowest BCUT2D eigenvalue weighted by Gasteiger charge is -2.35. The molecular weight excluding hydrogens is 303 g/mol. The molecule has 1 aromatic heterocycles. The van der Waals surface area contributed by atoms with Gasteiger partial charge in [-0.05, 0) is 36.6 Å². The van der Waals surface area contributed by atoms with Gasteiger partial charge < -0.3 is 10.8 Å². The van der Waals surface area contributed by atoms with E-state index in [0.29, 0.717) is 11.1 Å². The summed E-state index contributed by atoms with van der Waals surface area (Å²) in [5.74, 6) is -0.944. The summed E-state index contributed by atoms with van der Waals surface area (Å²) < 4.78 is 15.5. The summed E-state index contributed by atoms with van der Waals surface area (Å²) in [4.78, 5) is 4.02. The Bertz CT molecular complexity index is 689. The van der Waals surface area contributed by atoms with Crippen LogP contribution < -0.4 is 5.73 Å². The summed E-state index contributed by atoms with van der Waals surface area (Å²) >= 11 is 5.04. The number of thiocarbonyl (C=S) groups is 1. The third kappa shape index (κ3) is 3.00. The predicted octanol–water partition coefficient (Wildman–Crippen LogP) is 1.84. The van der Waals surface area contributed by atoms with Gasteiger partial charge in [0.05, 0.1) is 11.5 Å². The molecule has 2 aromatic rings. The highest BCUT2D eigenvalue weighted by molar-refractivity contribution is 7.80. The maximum absolute atomic E-state index is 14.0. The number of nitrogens with zero attached hydrogens (tertiary/aromatic N) is 3. The smallest absolute Gasteiger partial charge is 0.137 e. The van der Waals surface area contributed by atoms with Crippen LogP contribution in [0.4, 0.5) is 4.39 Å². The van der Waals surface area contributed by atoms with Crippen molar-refractivity contribution in [1.29, 1.82) is 0 Å². The second kappa shape index (κ2) is 6.10. The molecule has 0 radical (unpaired) electrons. The number of nitrogens with two attached hydrogens (primary N) is 1. The Morgan fingerprint density at radius 2 is 2.14 bits per heavy atom. The van der Waals surface area contributed by atoms with Gasteiger partial charge in [0.15, 0.2) is 0 Å². The Morgan fingerprint density at radius 1 is 1.45 bits per heavy atom. The molecule has 3 N–H and O–H groups in total. The number of aryl methyl sites for hydroxylation is 2. The van der Waals surface area contributed by atoms with Crippen molar-refractivity contribution in [3.63, 3.8) is 0 Å². The van der Waals surface area contributed by atoms with Crippen LogP contribution in [0.25, 0.3) is 0 Å². The molecule has 2 rings (SSSR count). The van der Waals surface area contributed by atoms with Gasteiger partial charge in [-0.1, -0.05) is 25.2 Å². The van der Waals surface area contributed by atoms with Crippen LogP contribution in [0, 0.1) is 25.6 Å². The van der Waals surface area contributed by atoms with Crippen molar-refractivity contribution in [2.45, 2.75) is 32.9 Å². The zero-order valence-electron chi connectivity index (χ0n) is 12.7. The Hall–Kier alpha value is -1.86. The molecule has 0 unspecified atom stereocenters. The van der Waals surface area contributed by atoms with Crippen molar-refractivity contribution in [2.24, 2.45) is 11.7 Å². The maximum atomic E-state index is 14.0. The van der Waals surface area contributed by atoms with Gasteiger partial charge >= 0.3 is 0 Å². The van der Waals surface area contributed by atoms with Gasteiger partial charge in [0, 0.05) is 5.92 Å². The average molecular weight is 322 g/mol. The lowest BCUT2D eigenvalue weighted by atomic mass is 9.79. The van der Waals surface area contributed by atoms with E-state index >= 15 is 0 Å². The predicted molar refractivity (Wildman–Crippen MR) is 85.7 cm³/mol. The molecule has 0 aliphatic carbocycles. The minimum Gasteiger partial charge on any atom is -0.393 e. The number of halogens is 1. The molecule has 0 aliphatic heterocycles. The largest absolute Gasteiger partial charge is 0.393 e. The van der Waals surface area contributed by atoms with E-state index in [1.807, 2.05) is 6.92 Å². The molecule has 118 valence electrons. The van der Waals surface area contributed by atoms with E-state index < -0.39 is 11.5 Å². The molecule has 0 saturated heterocycles. The number of hydrogen-bond donors (Lipinski definition) is 2. The molecule has 1 aromatic carbocycles. The highest BCUT2D eigenvalue weighted by Gasteiger charge is 2.39. The molecular formula is C15H19FN4OS. The van der Waals surface area contributed by atoms with E-state index in [-0.39, 0.29) is 17.4 Å². The molecule has 22 heavy (non-hydrogen) atoms. The van der Waals surface area contributed by atoms with Crippen LogP contribution in [0.3, 0.4) is 0 Å². The molecule has 1 heterocycles. The number of benzene rings is 1. The van der Waals surface area contributed by atoms with Gasteiger partial charge in [-0.15, -0.1) is 0 Å². The van der Waals surface area contributed by atoms with E-state index in [1.54, 1.807) is 19.9 Å². The van der Waals surface area contributed by atoms with Crippen molar-refractivity contribution in [3.8, 4) is 0 Å². The summed E-state index contributed by atoms with van der Waals surface area (Å²) in [6.07, 6.45) is 2.85. The highest BCUT2D eigenvalue weighted by Crippen LogP contribution is 2.35. The van der Waals surface area contributed by atoms with Crippen LogP contribution >= 0.6 is 12.2 Å². The third-order valence-electron chi connectivity index (χ3n) is 3.98. The van der Waals surface area contributed by atoms with Gasteiger partial charge in [0.1, 0.15) is 24.1 Å². The molecule has 7 heteroatoms. The number of aliphatic hydroxyl groups is 1. The summed E-state index contributed by atoms with van der Waals surface area (Å²) in [5, 5.41) is 15.3. The van der Waals surface area contributed by atoms with Gasteiger partial charge in [-0.25, -0.2) is 14.1 Å². The third-order valence-corrected chi connectivity index (χ3v) is 4.34. The Labute approximate surface area is 134 Å². The monoisotopic (exact) mass is 322 g/mol. The summed E-state index contributed by atoms with van der Waals surface area (Å²) in [5.41, 5.74) is 6.00. The van der Waals surface area contributed by atoms with Crippen LogP contribution in [-0.4, -0.2) is 24.9 Å². The first-order chi connectivity index (χ1) is 10.3. The molecule has 0 bridgehead atoms. The lowest BCUT2D eigenvalue weighted by molar-refractivity contribution is -0.0130. The summed E-state index contributed by atoms with van der Waals surface area (Å²) in [6, 6.07) is 3.04. The summed E-state index contributed by atoms with van der Waals surface area (Å²) in [6.45, 7) is 5.30. The SMILES string of the molecule is Cc1cc(C)c([C@@](O)(Cn2cncn2)[C@@H](C)C(N)=S)cc1F. The van der Waals surface area contributed by atoms with Crippen LogP contribution in [0.2, 0.25) is 0 Å². The van der Waals surface area contributed by atoms with Crippen molar-refractivity contribution in [3.05, 3.63) is 47.3 Å².